The van der Waals surface area contributed by atoms with Crippen molar-refractivity contribution in [1.29, 1.82) is 0 Å². The Morgan fingerprint density at radius 1 is 0.448 bits per heavy atom. The number of hydrogen-bond acceptors (Lipinski definition) is 6. The molecule has 0 aromatic carbocycles. The van der Waals surface area contributed by atoms with Crippen molar-refractivity contribution in [1.82, 2.24) is 0 Å². The van der Waals surface area contributed by atoms with Crippen LogP contribution in [0.25, 0.3) is 0 Å². The fourth-order valence-corrected chi connectivity index (χ4v) is 3.94. The van der Waals surface area contributed by atoms with E-state index in [1.54, 1.807) is 0 Å². The van der Waals surface area contributed by atoms with Gasteiger partial charge in [0.05, 0.1) is 20.2 Å². The Hall–Kier alpha value is 0.586. The quantitative estimate of drug-likeness (QED) is 0.160. The van der Waals surface area contributed by atoms with Crippen LogP contribution in [0.3, 0.4) is 0 Å². The fourth-order valence-electron chi connectivity index (χ4n) is 2.83. The van der Waals surface area contributed by atoms with Crippen LogP contribution in [0, 0.1) is 0 Å². The first-order valence-electron chi connectivity index (χ1n) is 11.0. The smallest absolute Gasteiger partial charge is 0.748 e. The van der Waals surface area contributed by atoms with Crippen molar-refractivity contribution < 1.29 is 25.9 Å². The third-order valence-corrected chi connectivity index (χ3v) is 6.07. The van der Waals surface area contributed by atoms with E-state index in [2.05, 4.69) is 13.8 Å². The zero-order valence-electron chi connectivity index (χ0n) is 18.7. The van der Waals surface area contributed by atoms with Crippen LogP contribution in [-0.2, 0) is 20.2 Å². The van der Waals surface area contributed by atoms with Crippen molar-refractivity contribution in [3.8, 4) is 0 Å². The van der Waals surface area contributed by atoms with Gasteiger partial charge in [0.2, 0.25) is 0 Å². The molecule has 0 rings (SSSR count). The Morgan fingerprint density at radius 3 is 0.862 bits per heavy atom. The van der Waals surface area contributed by atoms with Gasteiger partial charge in [0, 0.05) is 11.5 Å². The molecule has 0 aliphatic heterocycles. The molecule has 0 amide bonds. The number of rotatable bonds is 18. The first-order chi connectivity index (χ1) is 13.1. The van der Waals surface area contributed by atoms with Crippen molar-refractivity contribution in [2.45, 2.75) is 117 Å². The average molecular weight is 467 g/mol. The maximum absolute atomic E-state index is 10.2. The largest absolute Gasteiger partial charge is 2.00 e. The summed E-state index contributed by atoms with van der Waals surface area (Å²) in [5, 5.41) is 0. The Balaban J connectivity index is -0.000000451. The zero-order chi connectivity index (χ0) is 21.7. The van der Waals surface area contributed by atoms with Crippen molar-refractivity contribution in [2.24, 2.45) is 0 Å². The Labute approximate surface area is 196 Å². The van der Waals surface area contributed by atoms with E-state index >= 15 is 0 Å². The van der Waals surface area contributed by atoms with E-state index in [9.17, 15) is 25.9 Å². The van der Waals surface area contributed by atoms with Crippen LogP contribution >= 0.6 is 0 Å². The second kappa shape index (κ2) is 23.3. The van der Waals surface area contributed by atoms with Gasteiger partial charge in [0.15, 0.2) is 0 Å². The molecule has 0 fully saturated rings. The summed E-state index contributed by atoms with van der Waals surface area (Å²) in [6, 6.07) is 0. The monoisotopic (exact) mass is 466 g/mol. The molecule has 0 unspecified atom stereocenters. The fraction of sp³-hybridized carbons (Fsp3) is 1.00. The van der Waals surface area contributed by atoms with Crippen LogP contribution < -0.4 is 0 Å². The maximum Gasteiger partial charge on any atom is 2.00 e. The van der Waals surface area contributed by atoms with Gasteiger partial charge >= 0.3 is 23.1 Å². The molecular weight excluding hydrogens is 425 g/mol. The third-order valence-electron chi connectivity index (χ3n) is 4.50. The van der Waals surface area contributed by atoms with Crippen LogP contribution in [0.15, 0.2) is 0 Å². The first-order valence-corrected chi connectivity index (χ1v) is 14.1. The summed E-state index contributed by atoms with van der Waals surface area (Å²) >= 11 is 0. The molecule has 0 aliphatic carbocycles. The first kappa shape index (κ1) is 34.2. The molecule has 0 aromatic rings. The molecule has 0 aromatic heterocycles. The standard InChI is InChI=1S/2C10H22O3S.Mg/c2*1-2-3-4-5-6-7-8-9-10-14(11,12)13;/h2*2-10H2,1H3,(H,11,12,13);/q;;+2/p-2. The van der Waals surface area contributed by atoms with Gasteiger partial charge in [0.25, 0.3) is 0 Å². The van der Waals surface area contributed by atoms with Crippen molar-refractivity contribution in [3.63, 3.8) is 0 Å². The Kier molecular flexibility index (Phi) is 27.4. The van der Waals surface area contributed by atoms with Crippen molar-refractivity contribution >= 4 is 43.3 Å². The summed E-state index contributed by atoms with van der Waals surface area (Å²) in [5.41, 5.74) is 0. The molecular formula is C20H42MgO6S2. The van der Waals surface area contributed by atoms with Gasteiger partial charge in [-0.25, -0.2) is 16.8 Å². The van der Waals surface area contributed by atoms with E-state index in [0.717, 1.165) is 25.7 Å². The molecule has 29 heavy (non-hydrogen) atoms. The van der Waals surface area contributed by atoms with Gasteiger partial charge in [-0.2, -0.15) is 0 Å². The van der Waals surface area contributed by atoms with Crippen LogP contribution in [0.5, 0.6) is 0 Å². The minimum absolute atomic E-state index is 0. The maximum atomic E-state index is 10.2. The molecule has 0 saturated heterocycles. The van der Waals surface area contributed by atoms with E-state index in [0.29, 0.717) is 12.8 Å². The molecule has 0 radical (unpaired) electrons. The molecule has 0 aliphatic rings. The van der Waals surface area contributed by atoms with Gasteiger partial charge in [-0.1, -0.05) is 104 Å². The second-order valence-corrected chi connectivity index (χ2v) is 10.5. The molecule has 9 heteroatoms. The van der Waals surface area contributed by atoms with Crippen molar-refractivity contribution in [3.05, 3.63) is 0 Å². The topological polar surface area (TPSA) is 114 Å². The Morgan fingerprint density at radius 2 is 0.655 bits per heavy atom. The van der Waals surface area contributed by atoms with E-state index in [4.69, 9.17) is 0 Å². The third kappa shape index (κ3) is 39.6. The number of unbranched alkanes of at least 4 members (excludes halogenated alkanes) is 14. The minimum atomic E-state index is -3.98. The van der Waals surface area contributed by atoms with E-state index in [1.165, 1.54) is 64.2 Å². The molecule has 0 bridgehead atoms. The van der Waals surface area contributed by atoms with Gasteiger partial charge in [-0.15, -0.1) is 0 Å². The van der Waals surface area contributed by atoms with Gasteiger partial charge in [-0.05, 0) is 12.8 Å². The van der Waals surface area contributed by atoms with Crippen molar-refractivity contribution in [2.75, 3.05) is 11.5 Å². The molecule has 0 spiro atoms. The van der Waals surface area contributed by atoms with Gasteiger partial charge in [-0.3, -0.25) is 0 Å². The SMILES string of the molecule is CCCCCCCCCCS(=O)(=O)[O-].CCCCCCCCCCS(=O)(=O)[O-].[Mg+2]. The van der Waals surface area contributed by atoms with E-state index in [1.807, 2.05) is 0 Å². The molecule has 0 atom stereocenters. The molecule has 0 N–H and O–H groups in total. The van der Waals surface area contributed by atoms with E-state index < -0.39 is 20.2 Å². The molecule has 0 heterocycles. The predicted octanol–water partition coefficient (Wildman–Crippen LogP) is 4.96. The summed E-state index contributed by atoms with van der Waals surface area (Å²) < 4.78 is 61.5. The van der Waals surface area contributed by atoms with E-state index in [-0.39, 0.29) is 34.6 Å². The summed E-state index contributed by atoms with van der Waals surface area (Å²) in [6.07, 6.45) is 17.3. The van der Waals surface area contributed by atoms with Crippen LogP contribution in [0.1, 0.15) is 117 Å². The summed E-state index contributed by atoms with van der Waals surface area (Å²) in [7, 11) is -7.95. The summed E-state index contributed by atoms with van der Waals surface area (Å²) in [5.74, 6) is -0.385. The second-order valence-electron chi connectivity index (χ2n) is 7.47. The van der Waals surface area contributed by atoms with Gasteiger partial charge in [0.1, 0.15) is 0 Å². The Bertz CT molecular complexity index is 473. The number of hydrogen-bond donors (Lipinski definition) is 0. The predicted molar refractivity (Wildman–Crippen MR) is 120 cm³/mol. The summed E-state index contributed by atoms with van der Waals surface area (Å²) in [6.45, 7) is 4.36. The van der Waals surface area contributed by atoms with Crippen LogP contribution in [-0.4, -0.2) is 60.5 Å². The van der Waals surface area contributed by atoms with Crippen LogP contribution in [0.2, 0.25) is 0 Å². The summed E-state index contributed by atoms with van der Waals surface area (Å²) in [4.78, 5) is 0. The normalized spacial score (nSPS) is 11.4. The van der Waals surface area contributed by atoms with Gasteiger partial charge < -0.3 is 9.11 Å². The molecule has 172 valence electrons. The zero-order valence-corrected chi connectivity index (χ0v) is 21.7. The minimum Gasteiger partial charge on any atom is -0.748 e. The van der Waals surface area contributed by atoms with Crippen LogP contribution in [0.4, 0.5) is 0 Å². The molecule has 0 saturated carbocycles. The average Bonchev–Trinajstić information content (AvgIpc) is 2.58. The molecule has 6 nitrogen and oxygen atoms in total.